The second-order valence-electron chi connectivity index (χ2n) is 7.93. The number of guanidine groups is 1. The number of benzene rings is 1. The van der Waals surface area contributed by atoms with Gasteiger partial charge in [-0.15, -0.1) is 0 Å². The van der Waals surface area contributed by atoms with Gasteiger partial charge in [0.2, 0.25) is 0 Å². The fraction of sp³-hybridized carbons (Fsp3) is 0.667. The predicted molar refractivity (Wildman–Crippen MR) is 107 cm³/mol. The Morgan fingerprint density at radius 2 is 1.96 bits per heavy atom. The van der Waals surface area contributed by atoms with E-state index in [9.17, 15) is 4.39 Å². The summed E-state index contributed by atoms with van der Waals surface area (Å²) in [5.41, 5.74) is 1.01. The summed E-state index contributed by atoms with van der Waals surface area (Å²) in [5.74, 6) is 1.28. The number of likely N-dealkylation sites (tertiary alicyclic amines) is 1. The lowest BCUT2D eigenvalue weighted by Gasteiger charge is -2.39. The number of halogens is 1. The molecule has 2 heterocycles. The zero-order chi connectivity index (χ0) is 19.2. The SMILES string of the molecule is CN=C(NCC(C)CN1CCCC1)N1CC(C)OC(c2ccc(F)cc2)C1. The van der Waals surface area contributed by atoms with Crippen molar-refractivity contribution in [3.05, 3.63) is 35.6 Å². The zero-order valence-electron chi connectivity index (χ0n) is 16.8. The highest BCUT2D eigenvalue weighted by Gasteiger charge is 2.28. The van der Waals surface area contributed by atoms with Crippen LogP contribution in [0.4, 0.5) is 4.39 Å². The average molecular weight is 377 g/mol. The maximum Gasteiger partial charge on any atom is 0.193 e. The van der Waals surface area contributed by atoms with Gasteiger partial charge in [0.25, 0.3) is 0 Å². The minimum Gasteiger partial charge on any atom is -0.367 e. The Labute approximate surface area is 162 Å². The molecule has 0 aliphatic carbocycles. The molecule has 0 amide bonds. The molecular weight excluding hydrogens is 343 g/mol. The quantitative estimate of drug-likeness (QED) is 0.634. The monoisotopic (exact) mass is 376 g/mol. The van der Waals surface area contributed by atoms with Crippen LogP contribution in [0.3, 0.4) is 0 Å². The summed E-state index contributed by atoms with van der Waals surface area (Å²) in [4.78, 5) is 9.30. The summed E-state index contributed by atoms with van der Waals surface area (Å²) in [6.45, 7) is 10.4. The van der Waals surface area contributed by atoms with Crippen molar-refractivity contribution in [1.29, 1.82) is 0 Å². The van der Waals surface area contributed by atoms with E-state index in [-0.39, 0.29) is 18.0 Å². The minimum atomic E-state index is -0.219. The van der Waals surface area contributed by atoms with Crippen molar-refractivity contribution < 1.29 is 9.13 Å². The number of hydrogen-bond donors (Lipinski definition) is 1. The Balaban J connectivity index is 1.56. The van der Waals surface area contributed by atoms with Crippen LogP contribution in [-0.4, -0.2) is 68.2 Å². The van der Waals surface area contributed by atoms with Gasteiger partial charge >= 0.3 is 0 Å². The molecule has 3 atom stereocenters. The molecule has 2 fully saturated rings. The summed E-state index contributed by atoms with van der Waals surface area (Å²) in [7, 11) is 1.83. The summed E-state index contributed by atoms with van der Waals surface area (Å²) in [5, 5.41) is 3.55. The van der Waals surface area contributed by atoms with Gasteiger partial charge in [-0.05, 0) is 56.5 Å². The van der Waals surface area contributed by atoms with E-state index >= 15 is 0 Å². The fourth-order valence-corrected chi connectivity index (χ4v) is 4.05. The molecule has 2 saturated heterocycles. The third-order valence-corrected chi connectivity index (χ3v) is 5.39. The van der Waals surface area contributed by atoms with Crippen molar-refractivity contribution in [1.82, 2.24) is 15.1 Å². The molecule has 2 aliphatic heterocycles. The van der Waals surface area contributed by atoms with E-state index in [2.05, 4.69) is 34.0 Å². The second kappa shape index (κ2) is 9.51. The van der Waals surface area contributed by atoms with Crippen molar-refractivity contribution in [3.8, 4) is 0 Å². The molecular formula is C21H33FN4O. The highest BCUT2D eigenvalue weighted by molar-refractivity contribution is 5.80. The maximum absolute atomic E-state index is 13.2. The number of hydrogen-bond acceptors (Lipinski definition) is 3. The molecule has 5 nitrogen and oxygen atoms in total. The normalized spacial score (nSPS) is 25.6. The Kier molecular flexibility index (Phi) is 7.07. The molecule has 3 rings (SSSR count). The number of nitrogens with one attached hydrogen (secondary N) is 1. The molecule has 2 aliphatic rings. The topological polar surface area (TPSA) is 40.1 Å². The van der Waals surface area contributed by atoms with E-state index in [4.69, 9.17) is 4.74 Å². The molecule has 3 unspecified atom stereocenters. The standard InChI is InChI=1S/C21H33FN4O/c1-16(13-25-10-4-5-11-25)12-24-21(23-3)26-14-17(2)27-20(15-26)18-6-8-19(22)9-7-18/h6-9,16-17,20H,4-5,10-15H2,1-3H3,(H,23,24). The molecule has 27 heavy (non-hydrogen) atoms. The molecule has 1 aromatic carbocycles. The lowest BCUT2D eigenvalue weighted by Crippen LogP contribution is -2.51. The van der Waals surface area contributed by atoms with E-state index in [1.807, 2.05) is 19.2 Å². The van der Waals surface area contributed by atoms with Crippen molar-refractivity contribution >= 4 is 5.96 Å². The van der Waals surface area contributed by atoms with Crippen molar-refractivity contribution in [2.24, 2.45) is 10.9 Å². The van der Waals surface area contributed by atoms with Crippen LogP contribution in [-0.2, 0) is 4.74 Å². The van der Waals surface area contributed by atoms with Crippen LogP contribution >= 0.6 is 0 Å². The van der Waals surface area contributed by atoms with Gasteiger partial charge in [-0.2, -0.15) is 0 Å². The Morgan fingerprint density at radius 1 is 1.26 bits per heavy atom. The van der Waals surface area contributed by atoms with Crippen molar-refractivity contribution in [3.63, 3.8) is 0 Å². The van der Waals surface area contributed by atoms with Crippen molar-refractivity contribution in [2.75, 3.05) is 46.3 Å². The first-order valence-electron chi connectivity index (χ1n) is 10.1. The molecule has 0 aromatic heterocycles. The molecule has 150 valence electrons. The van der Waals surface area contributed by atoms with Gasteiger partial charge in [0.1, 0.15) is 11.9 Å². The van der Waals surface area contributed by atoms with Crippen LogP contribution in [0.1, 0.15) is 38.4 Å². The van der Waals surface area contributed by atoms with Gasteiger partial charge in [0.05, 0.1) is 12.6 Å². The Bertz CT molecular complexity index is 615. The van der Waals surface area contributed by atoms with Gasteiger partial charge in [-0.3, -0.25) is 4.99 Å². The lowest BCUT2D eigenvalue weighted by molar-refractivity contribution is -0.0605. The van der Waals surface area contributed by atoms with E-state index in [1.165, 1.54) is 38.1 Å². The van der Waals surface area contributed by atoms with E-state index in [0.717, 1.165) is 37.7 Å². The van der Waals surface area contributed by atoms with E-state index in [0.29, 0.717) is 5.92 Å². The van der Waals surface area contributed by atoms with Crippen LogP contribution in [0.25, 0.3) is 0 Å². The summed E-state index contributed by atoms with van der Waals surface area (Å²) >= 11 is 0. The first-order valence-corrected chi connectivity index (χ1v) is 10.1. The third-order valence-electron chi connectivity index (χ3n) is 5.39. The molecule has 0 saturated carbocycles. The Morgan fingerprint density at radius 3 is 2.63 bits per heavy atom. The van der Waals surface area contributed by atoms with Crippen LogP contribution in [0.15, 0.2) is 29.3 Å². The lowest BCUT2D eigenvalue weighted by atomic mass is 10.1. The van der Waals surface area contributed by atoms with Crippen LogP contribution in [0, 0.1) is 11.7 Å². The second-order valence-corrected chi connectivity index (χ2v) is 7.93. The highest BCUT2D eigenvalue weighted by atomic mass is 19.1. The first-order chi connectivity index (χ1) is 13.0. The number of nitrogens with zero attached hydrogens (tertiary/aromatic N) is 3. The average Bonchev–Trinajstić information content (AvgIpc) is 3.15. The van der Waals surface area contributed by atoms with Gasteiger partial charge in [0.15, 0.2) is 5.96 Å². The van der Waals surface area contributed by atoms with Gasteiger partial charge in [-0.25, -0.2) is 4.39 Å². The summed E-state index contributed by atoms with van der Waals surface area (Å²) < 4.78 is 19.3. The first kappa shape index (κ1) is 20.1. The van der Waals surface area contributed by atoms with Gasteiger partial charge < -0.3 is 19.9 Å². The zero-order valence-corrected chi connectivity index (χ0v) is 16.8. The smallest absolute Gasteiger partial charge is 0.193 e. The van der Waals surface area contributed by atoms with Gasteiger partial charge in [-0.1, -0.05) is 19.1 Å². The largest absolute Gasteiger partial charge is 0.367 e. The number of aliphatic imine (C=N–C) groups is 1. The molecule has 0 spiro atoms. The number of morpholine rings is 1. The van der Waals surface area contributed by atoms with Crippen LogP contribution in [0.5, 0.6) is 0 Å². The molecule has 1 N–H and O–H groups in total. The van der Waals surface area contributed by atoms with E-state index < -0.39 is 0 Å². The summed E-state index contributed by atoms with van der Waals surface area (Å²) in [6.07, 6.45) is 2.68. The van der Waals surface area contributed by atoms with E-state index in [1.54, 1.807) is 0 Å². The molecule has 0 radical (unpaired) electrons. The summed E-state index contributed by atoms with van der Waals surface area (Å²) in [6, 6.07) is 6.61. The Hall–Kier alpha value is -1.66. The fourth-order valence-electron chi connectivity index (χ4n) is 4.05. The molecule has 1 aromatic rings. The third kappa shape index (κ3) is 5.66. The molecule has 0 bridgehead atoms. The molecule has 6 heteroatoms. The van der Waals surface area contributed by atoms with Gasteiger partial charge in [0, 0.05) is 26.7 Å². The van der Waals surface area contributed by atoms with Crippen LogP contribution < -0.4 is 5.32 Å². The number of ether oxygens (including phenoxy) is 1. The predicted octanol–water partition coefficient (Wildman–Crippen LogP) is 2.89. The minimum absolute atomic E-state index is 0.0741. The number of rotatable bonds is 5. The van der Waals surface area contributed by atoms with Crippen LogP contribution in [0.2, 0.25) is 0 Å². The maximum atomic E-state index is 13.2. The highest BCUT2D eigenvalue weighted by Crippen LogP contribution is 2.25. The van der Waals surface area contributed by atoms with Crippen molar-refractivity contribution in [2.45, 2.75) is 38.9 Å².